The van der Waals surface area contributed by atoms with Gasteiger partial charge in [-0.2, -0.15) is 5.10 Å². The molecule has 3 heterocycles. The van der Waals surface area contributed by atoms with Gasteiger partial charge in [0.15, 0.2) is 5.65 Å². The fourth-order valence-electron chi connectivity index (χ4n) is 5.43. The molecule has 36 heavy (non-hydrogen) atoms. The standard InChI is InChI=1S/C28H35N5O3/c1-19-9-11-21(12-10-19)26(31-28(35)36-18-20-6-3-2-4-7-20)24-17-33-25(30-24)14-13-23(32-33)16-22-8-5-15-29-27(22)34/h2-4,6-7,13-14,17,19,21-22,26H,5,8-12,15-16,18H2,1H3,(H,29,34)(H,31,35)/t19?,21?,22-,26-/m0/s1. The first-order valence-corrected chi connectivity index (χ1v) is 13.2. The van der Waals surface area contributed by atoms with E-state index in [2.05, 4.69) is 17.6 Å². The highest BCUT2D eigenvalue weighted by Gasteiger charge is 2.31. The number of benzene rings is 1. The van der Waals surface area contributed by atoms with Gasteiger partial charge in [-0.05, 0) is 55.2 Å². The van der Waals surface area contributed by atoms with Crippen LogP contribution in [-0.4, -0.2) is 33.1 Å². The smallest absolute Gasteiger partial charge is 0.408 e. The van der Waals surface area contributed by atoms with Crippen molar-refractivity contribution in [1.29, 1.82) is 0 Å². The van der Waals surface area contributed by atoms with Gasteiger partial charge in [0.25, 0.3) is 0 Å². The number of ether oxygens (including phenoxy) is 1. The van der Waals surface area contributed by atoms with Gasteiger partial charge in [0.1, 0.15) is 6.61 Å². The normalized spacial score (nSPS) is 23.1. The van der Waals surface area contributed by atoms with E-state index in [9.17, 15) is 9.59 Å². The number of carbonyl (C=O) groups is 2. The molecule has 0 bridgehead atoms. The van der Waals surface area contributed by atoms with Crippen LogP contribution in [0.2, 0.25) is 0 Å². The molecular weight excluding hydrogens is 454 g/mol. The molecule has 190 valence electrons. The SMILES string of the molecule is CC1CCC([C@H](NC(=O)OCc2ccccc2)c2cn3nc(C[C@@H]4CCCNC4=O)ccc3n2)CC1. The number of hydrogen-bond acceptors (Lipinski definition) is 5. The molecule has 1 saturated heterocycles. The lowest BCUT2D eigenvalue weighted by Gasteiger charge is -2.32. The summed E-state index contributed by atoms with van der Waals surface area (Å²) in [5, 5.41) is 10.8. The Morgan fingerprint density at radius 1 is 1.14 bits per heavy atom. The van der Waals surface area contributed by atoms with E-state index in [1.165, 1.54) is 0 Å². The number of amides is 2. The minimum Gasteiger partial charge on any atom is -0.445 e. The zero-order valence-corrected chi connectivity index (χ0v) is 20.9. The Morgan fingerprint density at radius 3 is 2.72 bits per heavy atom. The number of fused-ring (bicyclic) bond motifs is 1. The third-order valence-electron chi connectivity index (χ3n) is 7.59. The number of carbonyl (C=O) groups excluding carboxylic acids is 2. The van der Waals surface area contributed by atoms with Gasteiger partial charge < -0.3 is 15.4 Å². The van der Waals surface area contributed by atoms with Crippen LogP contribution in [-0.2, 0) is 22.6 Å². The van der Waals surface area contributed by atoms with Gasteiger partial charge in [-0.15, -0.1) is 0 Å². The zero-order valence-electron chi connectivity index (χ0n) is 20.9. The number of alkyl carbamates (subject to hydrolysis) is 1. The molecule has 5 rings (SSSR count). The molecule has 2 N–H and O–H groups in total. The second kappa shape index (κ2) is 11.1. The number of hydrogen-bond donors (Lipinski definition) is 2. The molecular formula is C28H35N5O3. The molecule has 1 aliphatic carbocycles. The minimum absolute atomic E-state index is 0.0373. The number of imidazole rings is 1. The van der Waals surface area contributed by atoms with Crippen molar-refractivity contribution in [3.63, 3.8) is 0 Å². The second-order valence-electron chi connectivity index (χ2n) is 10.3. The molecule has 0 spiro atoms. The number of aromatic nitrogens is 3. The van der Waals surface area contributed by atoms with E-state index >= 15 is 0 Å². The summed E-state index contributed by atoms with van der Waals surface area (Å²) in [5.74, 6) is 1.07. The van der Waals surface area contributed by atoms with E-state index in [1.807, 2.05) is 48.7 Å². The fraction of sp³-hybridized carbons (Fsp3) is 0.500. The molecule has 2 atom stereocenters. The lowest BCUT2D eigenvalue weighted by Crippen LogP contribution is -2.37. The van der Waals surface area contributed by atoms with Crippen LogP contribution in [0.25, 0.3) is 5.65 Å². The van der Waals surface area contributed by atoms with Gasteiger partial charge in [0.2, 0.25) is 5.91 Å². The number of nitrogens with zero attached hydrogens (tertiary/aromatic N) is 3. The molecule has 2 fully saturated rings. The van der Waals surface area contributed by atoms with Crippen LogP contribution in [0.4, 0.5) is 4.79 Å². The summed E-state index contributed by atoms with van der Waals surface area (Å²) >= 11 is 0. The molecule has 1 aromatic carbocycles. The molecule has 0 radical (unpaired) electrons. The first kappa shape index (κ1) is 24.3. The first-order valence-electron chi connectivity index (χ1n) is 13.2. The lowest BCUT2D eigenvalue weighted by atomic mass is 9.78. The maximum Gasteiger partial charge on any atom is 0.408 e. The van der Waals surface area contributed by atoms with Gasteiger partial charge in [-0.1, -0.05) is 50.1 Å². The Balaban J connectivity index is 1.33. The van der Waals surface area contributed by atoms with Crippen LogP contribution in [0.3, 0.4) is 0 Å². The van der Waals surface area contributed by atoms with Crippen LogP contribution >= 0.6 is 0 Å². The first-order chi connectivity index (χ1) is 17.5. The lowest BCUT2D eigenvalue weighted by molar-refractivity contribution is -0.126. The minimum atomic E-state index is -0.434. The highest BCUT2D eigenvalue weighted by Crippen LogP contribution is 2.36. The van der Waals surface area contributed by atoms with Crippen molar-refractivity contribution in [2.75, 3.05) is 6.54 Å². The fourth-order valence-corrected chi connectivity index (χ4v) is 5.43. The van der Waals surface area contributed by atoms with E-state index in [0.29, 0.717) is 18.3 Å². The van der Waals surface area contributed by atoms with E-state index in [1.54, 1.807) is 4.52 Å². The summed E-state index contributed by atoms with van der Waals surface area (Å²) in [6.07, 6.45) is 8.34. The maximum absolute atomic E-state index is 12.8. The number of nitrogens with one attached hydrogen (secondary N) is 2. The highest BCUT2D eigenvalue weighted by atomic mass is 16.5. The summed E-state index contributed by atoms with van der Waals surface area (Å²) in [4.78, 5) is 29.8. The molecule has 1 saturated carbocycles. The van der Waals surface area contributed by atoms with Crippen molar-refractivity contribution in [3.8, 4) is 0 Å². The Kier molecular flexibility index (Phi) is 7.49. The largest absolute Gasteiger partial charge is 0.445 e. The zero-order chi connectivity index (χ0) is 24.9. The van der Waals surface area contributed by atoms with E-state index in [0.717, 1.165) is 67.7 Å². The molecule has 2 aromatic heterocycles. The molecule has 3 aromatic rings. The summed E-state index contributed by atoms with van der Waals surface area (Å²) in [5.41, 5.74) is 3.35. The molecule has 2 amide bonds. The average molecular weight is 490 g/mol. The quantitative estimate of drug-likeness (QED) is 0.506. The second-order valence-corrected chi connectivity index (χ2v) is 10.3. The third-order valence-corrected chi connectivity index (χ3v) is 7.59. The Bertz CT molecular complexity index is 1190. The summed E-state index contributed by atoms with van der Waals surface area (Å²) < 4.78 is 7.32. The maximum atomic E-state index is 12.8. The van der Waals surface area contributed by atoms with Crippen LogP contribution in [0, 0.1) is 17.8 Å². The van der Waals surface area contributed by atoms with Gasteiger partial charge >= 0.3 is 6.09 Å². The van der Waals surface area contributed by atoms with Crippen molar-refractivity contribution in [2.45, 2.75) is 64.5 Å². The van der Waals surface area contributed by atoms with E-state index < -0.39 is 6.09 Å². The summed E-state index contributed by atoms with van der Waals surface area (Å²) in [6.45, 7) is 3.27. The van der Waals surface area contributed by atoms with Gasteiger partial charge in [0, 0.05) is 18.9 Å². The molecule has 1 aliphatic heterocycles. The predicted molar refractivity (Wildman–Crippen MR) is 136 cm³/mol. The van der Waals surface area contributed by atoms with Gasteiger partial charge in [-0.3, -0.25) is 4.79 Å². The Hall–Kier alpha value is -3.42. The third kappa shape index (κ3) is 5.86. The molecule has 8 nitrogen and oxygen atoms in total. The van der Waals surface area contributed by atoms with Crippen molar-refractivity contribution >= 4 is 17.6 Å². The van der Waals surface area contributed by atoms with Crippen molar-refractivity contribution in [1.82, 2.24) is 25.2 Å². The van der Waals surface area contributed by atoms with E-state index in [4.69, 9.17) is 14.8 Å². The van der Waals surface area contributed by atoms with Gasteiger partial charge in [0.05, 0.1) is 23.6 Å². The summed E-state index contributed by atoms with van der Waals surface area (Å²) in [6, 6.07) is 13.3. The van der Waals surface area contributed by atoms with Crippen molar-refractivity contribution < 1.29 is 14.3 Å². The Labute approximate surface area is 211 Å². The Morgan fingerprint density at radius 2 is 1.94 bits per heavy atom. The van der Waals surface area contributed by atoms with Crippen molar-refractivity contribution in [2.24, 2.45) is 17.8 Å². The van der Waals surface area contributed by atoms with Crippen LogP contribution in [0.1, 0.15) is 68.4 Å². The van der Waals surface area contributed by atoms with Crippen LogP contribution in [0.5, 0.6) is 0 Å². The number of piperidine rings is 1. The van der Waals surface area contributed by atoms with Crippen molar-refractivity contribution in [3.05, 3.63) is 65.6 Å². The van der Waals surface area contributed by atoms with Crippen LogP contribution < -0.4 is 10.6 Å². The monoisotopic (exact) mass is 489 g/mol. The van der Waals surface area contributed by atoms with Crippen LogP contribution in [0.15, 0.2) is 48.7 Å². The molecule has 2 aliphatic rings. The number of rotatable bonds is 7. The molecule has 0 unspecified atom stereocenters. The van der Waals surface area contributed by atoms with Gasteiger partial charge in [-0.25, -0.2) is 14.3 Å². The molecule has 8 heteroatoms. The topological polar surface area (TPSA) is 97.6 Å². The van der Waals surface area contributed by atoms with E-state index in [-0.39, 0.29) is 24.5 Å². The summed E-state index contributed by atoms with van der Waals surface area (Å²) in [7, 11) is 0. The predicted octanol–water partition coefficient (Wildman–Crippen LogP) is 4.59. The highest BCUT2D eigenvalue weighted by molar-refractivity contribution is 5.79. The average Bonchev–Trinajstić information content (AvgIpc) is 3.32.